The highest BCUT2D eigenvalue weighted by atomic mass is 35.5. The van der Waals surface area contributed by atoms with Gasteiger partial charge in [0.2, 0.25) is 0 Å². The molecule has 3 rings (SSSR count). The number of rotatable bonds is 2. The van der Waals surface area contributed by atoms with Crippen LogP contribution in [-0.4, -0.2) is 4.98 Å². The Hall–Kier alpha value is -2.39. The zero-order valence-electron chi connectivity index (χ0n) is 10.9. The van der Waals surface area contributed by atoms with Crippen LogP contribution in [0, 0.1) is 5.82 Å². The molecule has 0 atom stereocenters. The molecule has 21 heavy (non-hydrogen) atoms. The molecule has 2 nitrogen and oxygen atoms in total. The van der Waals surface area contributed by atoms with Crippen molar-refractivity contribution < 1.29 is 4.39 Å². The van der Waals surface area contributed by atoms with Crippen molar-refractivity contribution in [3.05, 3.63) is 80.9 Å². The van der Waals surface area contributed by atoms with Crippen LogP contribution < -0.4 is 5.43 Å². The Morgan fingerprint density at radius 3 is 2.67 bits per heavy atom. The van der Waals surface area contributed by atoms with Crippen LogP contribution in [0.4, 0.5) is 4.39 Å². The fourth-order valence-electron chi connectivity index (χ4n) is 2.15. The van der Waals surface area contributed by atoms with E-state index in [-0.39, 0.29) is 5.43 Å². The lowest BCUT2D eigenvalue weighted by Crippen LogP contribution is -2.02. The van der Waals surface area contributed by atoms with E-state index in [1.165, 1.54) is 12.1 Å². The van der Waals surface area contributed by atoms with E-state index in [4.69, 9.17) is 11.6 Å². The smallest absolute Gasteiger partial charge is 0.189 e. The summed E-state index contributed by atoms with van der Waals surface area (Å²) in [5, 5.41) is 0.952. The monoisotopic (exact) mass is 299 g/mol. The van der Waals surface area contributed by atoms with E-state index in [9.17, 15) is 9.18 Å². The number of nitrogens with one attached hydrogen (secondary N) is 1. The molecule has 0 unspecified atom stereocenters. The van der Waals surface area contributed by atoms with Gasteiger partial charge < -0.3 is 4.98 Å². The summed E-state index contributed by atoms with van der Waals surface area (Å²) in [4.78, 5) is 15.1. The Morgan fingerprint density at radius 1 is 1.05 bits per heavy atom. The van der Waals surface area contributed by atoms with E-state index >= 15 is 0 Å². The van der Waals surface area contributed by atoms with Crippen molar-refractivity contribution in [1.29, 1.82) is 0 Å². The standard InChI is InChI=1S/C17H11ClFNO/c18-14-5-3-6-15(19)12(14)9-8-11-10-17(21)13-4-1-2-7-16(13)20-11/h1-10H,(H,20,21)/b9-8+. The Labute approximate surface area is 125 Å². The molecule has 0 bridgehead atoms. The van der Waals surface area contributed by atoms with Gasteiger partial charge in [0.25, 0.3) is 0 Å². The second-order valence-corrected chi connectivity index (χ2v) is 5.01. The van der Waals surface area contributed by atoms with Crippen LogP contribution in [0.15, 0.2) is 53.3 Å². The van der Waals surface area contributed by atoms with Gasteiger partial charge in [-0.3, -0.25) is 4.79 Å². The second kappa shape index (κ2) is 5.54. The van der Waals surface area contributed by atoms with E-state index in [1.54, 1.807) is 30.4 Å². The maximum Gasteiger partial charge on any atom is 0.189 e. The largest absolute Gasteiger partial charge is 0.355 e. The van der Waals surface area contributed by atoms with Crippen molar-refractivity contribution in [3.63, 3.8) is 0 Å². The minimum atomic E-state index is -0.401. The van der Waals surface area contributed by atoms with Crippen LogP contribution in [0.5, 0.6) is 0 Å². The predicted octanol–water partition coefficient (Wildman–Crippen LogP) is 4.49. The van der Waals surface area contributed by atoms with E-state index in [1.807, 2.05) is 18.2 Å². The van der Waals surface area contributed by atoms with Gasteiger partial charge in [0.05, 0.1) is 5.02 Å². The summed E-state index contributed by atoms with van der Waals surface area (Å²) in [5.74, 6) is -0.401. The maximum absolute atomic E-state index is 13.7. The van der Waals surface area contributed by atoms with Gasteiger partial charge in [0.15, 0.2) is 5.43 Å². The zero-order valence-corrected chi connectivity index (χ0v) is 11.7. The van der Waals surface area contributed by atoms with Crippen LogP contribution in [0.1, 0.15) is 11.3 Å². The van der Waals surface area contributed by atoms with Crippen molar-refractivity contribution in [2.45, 2.75) is 0 Å². The number of aromatic nitrogens is 1. The molecule has 0 spiro atoms. The summed E-state index contributed by atoms with van der Waals surface area (Å²) in [6, 6.07) is 13.2. The number of pyridine rings is 1. The minimum Gasteiger partial charge on any atom is -0.355 e. The van der Waals surface area contributed by atoms with Crippen molar-refractivity contribution in [3.8, 4) is 0 Å². The molecule has 2 aromatic carbocycles. The maximum atomic E-state index is 13.7. The highest BCUT2D eigenvalue weighted by Gasteiger charge is 2.03. The van der Waals surface area contributed by atoms with Gasteiger partial charge in [-0.15, -0.1) is 0 Å². The molecule has 0 aliphatic heterocycles. The summed E-state index contributed by atoms with van der Waals surface area (Å²) in [6.07, 6.45) is 3.19. The molecule has 1 N–H and O–H groups in total. The van der Waals surface area contributed by atoms with Gasteiger partial charge in [-0.05, 0) is 36.4 Å². The van der Waals surface area contributed by atoms with Crippen LogP contribution in [0.2, 0.25) is 5.02 Å². The van der Waals surface area contributed by atoms with Crippen LogP contribution in [0.25, 0.3) is 23.1 Å². The number of benzene rings is 2. The molecule has 104 valence electrons. The number of H-pyrrole nitrogens is 1. The SMILES string of the molecule is O=c1cc(/C=C/c2c(F)cccc2Cl)[nH]c2ccccc12. The first-order chi connectivity index (χ1) is 10.1. The van der Waals surface area contributed by atoms with Gasteiger partial charge >= 0.3 is 0 Å². The fourth-order valence-corrected chi connectivity index (χ4v) is 2.38. The summed E-state index contributed by atoms with van der Waals surface area (Å²) in [6.45, 7) is 0. The number of halogens is 2. The van der Waals surface area contributed by atoms with E-state index in [0.29, 0.717) is 21.7 Å². The molecule has 0 aliphatic carbocycles. The zero-order chi connectivity index (χ0) is 14.8. The molecule has 1 aromatic heterocycles. The van der Waals surface area contributed by atoms with E-state index in [2.05, 4.69) is 4.98 Å². The number of para-hydroxylation sites is 1. The third-order valence-corrected chi connectivity index (χ3v) is 3.52. The lowest BCUT2D eigenvalue weighted by Gasteiger charge is -2.01. The van der Waals surface area contributed by atoms with Crippen LogP contribution in [0.3, 0.4) is 0 Å². The van der Waals surface area contributed by atoms with Crippen LogP contribution in [-0.2, 0) is 0 Å². The quantitative estimate of drug-likeness (QED) is 0.743. The van der Waals surface area contributed by atoms with Crippen molar-refractivity contribution >= 4 is 34.7 Å². The van der Waals surface area contributed by atoms with Gasteiger partial charge in [-0.2, -0.15) is 0 Å². The molecular formula is C17H11ClFNO. The Morgan fingerprint density at radius 2 is 1.86 bits per heavy atom. The third kappa shape index (κ3) is 2.73. The lowest BCUT2D eigenvalue weighted by molar-refractivity contribution is 0.625. The van der Waals surface area contributed by atoms with Gasteiger partial charge in [-0.25, -0.2) is 4.39 Å². The fraction of sp³-hybridized carbons (Fsp3) is 0. The first kappa shape index (κ1) is 13.6. The Bertz CT molecular complexity index is 878. The summed E-state index contributed by atoms with van der Waals surface area (Å²) in [5.41, 5.74) is 1.55. The molecule has 0 saturated carbocycles. The van der Waals surface area contributed by atoms with E-state index in [0.717, 1.165) is 5.52 Å². The molecule has 1 heterocycles. The normalized spacial score (nSPS) is 11.3. The average Bonchev–Trinajstić information content (AvgIpc) is 2.47. The highest BCUT2D eigenvalue weighted by molar-refractivity contribution is 6.32. The topological polar surface area (TPSA) is 32.9 Å². The summed E-state index contributed by atoms with van der Waals surface area (Å²) in [7, 11) is 0. The number of hydrogen-bond acceptors (Lipinski definition) is 1. The first-order valence-corrected chi connectivity index (χ1v) is 6.77. The summed E-state index contributed by atoms with van der Waals surface area (Å²) < 4.78 is 13.7. The predicted molar refractivity (Wildman–Crippen MR) is 84.9 cm³/mol. The van der Waals surface area contributed by atoms with E-state index < -0.39 is 5.82 Å². The minimum absolute atomic E-state index is 0.0800. The molecule has 3 aromatic rings. The van der Waals surface area contributed by atoms with Crippen LogP contribution >= 0.6 is 11.6 Å². The van der Waals surface area contributed by atoms with Crippen molar-refractivity contribution in [2.75, 3.05) is 0 Å². The second-order valence-electron chi connectivity index (χ2n) is 4.60. The first-order valence-electron chi connectivity index (χ1n) is 6.39. The lowest BCUT2D eigenvalue weighted by atomic mass is 10.1. The third-order valence-electron chi connectivity index (χ3n) is 3.19. The Kier molecular flexibility index (Phi) is 3.59. The number of aromatic amines is 1. The van der Waals surface area contributed by atoms with Gasteiger partial charge in [0.1, 0.15) is 5.82 Å². The average molecular weight is 300 g/mol. The molecule has 4 heteroatoms. The summed E-state index contributed by atoms with van der Waals surface area (Å²) >= 11 is 5.96. The van der Waals surface area contributed by atoms with Crippen molar-refractivity contribution in [1.82, 2.24) is 4.98 Å². The molecular weight excluding hydrogens is 289 g/mol. The molecule has 0 fully saturated rings. The van der Waals surface area contributed by atoms with Crippen molar-refractivity contribution in [2.24, 2.45) is 0 Å². The molecule has 0 saturated heterocycles. The van der Waals surface area contributed by atoms with Gasteiger partial charge in [0, 0.05) is 28.2 Å². The highest BCUT2D eigenvalue weighted by Crippen LogP contribution is 2.21. The number of hydrogen-bond donors (Lipinski definition) is 1. The Balaban J connectivity index is 2.06. The molecule has 0 aliphatic rings. The molecule has 0 radical (unpaired) electrons. The number of fused-ring (bicyclic) bond motifs is 1. The van der Waals surface area contributed by atoms with Gasteiger partial charge in [-0.1, -0.05) is 29.8 Å². The molecule has 0 amide bonds.